The van der Waals surface area contributed by atoms with Crippen molar-refractivity contribution in [2.75, 3.05) is 20.0 Å². The first kappa shape index (κ1) is 28.1. The van der Waals surface area contributed by atoms with Crippen LogP contribution in [0.25, 0.3) is 11.1 Å². The zero-order chi connectivity index (χ0) is 28.9. The van der Waals surface area contributed by atoms with E-state index in [0.29, 0.717) is 11.3 Å². The number of aliphatic carboxylic acids is 1. The molecule has 1 aliphatic rings. The van der Waals surface area contributed by atoms with E-state index in [0.717, 1.165) is 32.7 Å². The molecule has 2 N–H and O–H groups in total. The minimum absolute atomic E-state index is 0.0473. The van der Waals surface area contributed by atoms with Gasteiger partial charge in [0.1, 0.15) is 24.1 Å². The molecule has 0 heterocycles. The van der Waals surface area contributed by atoms with Gasteiger partial charge in [-0.3, -0.25) is 4.90 Å². The average Bonchev–Trinajstić information content (AvgIpc) is 3.32. The number of nitrogens with zero attached hydrogens (tertiary/aromatic N) is 1. The highest BCUT2D eigenvalue weighted by molar-refractivity contribution is 7.98. The van der Waals surface area contributed by atoms with Crippen LogP contribution in [-0.2, 0) is 22.5 Å². The van der Waals surface area contributed by atoms with E-state index in [2.05, 4.69) is 12.1 Å². The number of hydrogen-bond acceptors (Lipinski definition) is 6. The normalized spacial score (nSPS) is 12.7. The largest absolute Gasteiger partial charge is 0.507 e. The second-order valence-corrected chi connectivity index (χ2v) is 10.7. The maximum absolute atomic E-state index is 13.8. The van der Waals surface area contributed by atoms with E-state index in [-0.39, 0.29) is 31.2 Å². The van der Waals surface area contributed by atoms with Crippen LogP contribution in [0.3, 0.4) is 0 Å². The molecule has 210 valence electrons. The quantitative estimate of drug-likeness (QED) is 0.209. The first-order valence-corrected chi connectivity index (χ1v) is 14.5. The van der Waals surface area contributed by atoms with Gasteiger partial charge in [-0.1, -0.05) is 78.9 Å². The lowest BCUT2D eigenvalue weighted by Crippen LogP contribution is -2.46. The van der Waals surface area contributed by atoms with Crippen LogP contribution in [0.5, 0.6) is 11.5 Å². The van der Waals surface area contributed by atoms with Gasteiger partial charge in [-0.25, -0.2) is 9.59 Å². The first-order chi connectivity index (χ1) is 19.9. The highest BCUT2D eigenvalue weighted by Crippen LogP contribution is 2.44. The number of benzene rings is 4. The third-order valence-electron chi connectivity index (χ3n) is 7.43. The highest BCUT2D eigenvalue weighted by atomic mass is 32.2. The van der Waals surface area contributed by atoms with E-state index in [1.165, 1.54) is 29.8 Å². The van der Waals surface area contributed by atoms with Crippen molar-refractivity contribution in [2.45, 2.75) is 29.8 Å². The summed E-state index contributed by atoms with van der Waals surface area (Å²) in [6.07, 6.45) is 1.18. The van der Waals surface area contributed by atoms with Crippen LogP contribution in [-0.4, -0.2) is 53.2 Å². The molecule has 0 bridgehead atoms. The minimum atomic E-state index is -1.23. The summed E-state index contributed by atoms with van der Waals surface area (Å²) in [6, 6.07) is 27.2. The van der Waals surface area contributed by atoms with Crippen molar-refractivity contribution in [1.29, 1.82) is 0 Å². The Bertz CT molecular complexity index is 1510. The van der Waals surface area contributed by atoms with Crippen LogP contribution in [0.4, 0.5) is 4.79 Å². The number of carboxylic acids is 1. The zero-order valence-corrected chi connectivity index (χ0v) is 23.6. The lowest BCUT2D eigenvalue weighted by Gasteiger charge is -2.29. The Morgan fingerprint density at radius 2 is 1.54 bits per heavy atom. The number of thioether (sulfide) groups is 1. The Balaban J connectivity index is 1.46. The molecule has 1 aliphatic carbocycles. The van der Waals surface area contributed by atoms with Crippen LogP contribution >= 0.6 is 11.8 Å². The number of hydrogen-bond donors (Lipinski definition) is 2. The Hall–Kier alpha value is -4.43. The third kappa shape index (κ3) is 5.88. The van der Waals surface area contributed by atoms with Crippen molar-refractivity contribution in [3.8, 4) is 22.6 Å². The number of carbonyl (C=O) groups excluding carboxylic acids is 1. The van der Waals surface area contributed by atoms with Crippen molar-refractivity contribution in [3.63, 3.8) is 0 Å². The minimum Gasteiger partial charge on any atom is -0.507 e. The molecular formula is C33H31NO6S. The fourth-order valence-electron chi connectivity index (χ4n) is 5.37. The molecule has 1 atom stereocenters. The topological polar surface area (TPSA) is 96.3 Å². The maximum Gasteiger partial charge on any atom is 0.410 e. The van der Waals surface area contributed by atoms with Gasteiger partial charge in [0.2, 0.25) is 0 Å². The molecule has 8 heteroatoms. The van der Waals surface area contributed by atoms with Crippen LogP contribution in [0, 0.1) is 0 Å². The predicted octanol–water partition coefficient (Wildman–Crippen LogP) is 6.57. The summed E-state index contributed by atoms with van der Waals surface area (Å²) in [6.45, 7) is -0.116. The summed E-state index contributed by atoms with van der Waals surface area (Å²) < 4.78 is 11.3. The highest BCUT2D eigenvalue weighted by Gasteiger charge is 2.34. The van der Waals surface area contributed by atoms with Gasteiger partial charge in [0.05, 0.1) is 13.7 Å². The number of amides is 1. The van der Waals surface area contributed by atoms with Gasteiger partial charge in [0.15, 0.2) is 0 Å². The second-order valence-electron chi connectivity index (χ2n) is 9.81. The third-order valence-corrected chi connectivity index (χ3v) is 8.19. The molecule has 0 radical (unpaired) electrons. The van der Waals surface area contributed by atoms with Gasteiger partial charge < -0.3 is 19.7 Å². The van der Waals surface area contributed by atoms with Gasteiger partial charge in [0, 0.05) is 28.9 Å². The number of rotatable bonds is 10. The summed E-state index contributed by atoms with van der Waals surface area (Å²) in [7, 11) is 1.51. The summed E-state index contributed by atoms with van der Waals surface area (Å²) in [5.74, 6) is -0.950. The van der Waals surface area contributed by atoms with E-state index in [1.807, 2.05) is 73.0 Å². The summed E-state index contributed by atoms with van der Waals surface area (Å²) in [5, 5.41) is 21.1. The van der Waals surface area contributed by atoms with Crippen molar-refractivity contribution < 1.29 is 29.3 Å². The number of carboxylic acid groups (broad SMARTS) is 1. The molecule has 0 saturated heterocycles. The second kappa shape index (κ2) is 12.4. The molecule has 0 aromatic heterocycles. The molecule has 4 aromatic rings. The van der Waals surface area contributed by atoms with Crippen molar-refractivity contribution in [1.82, 2.24) is 4.90 Å². The summed E-state index contributed by atoms with van der Waals surface area (Å²) >= 11 is 1.42. The SMILES string of the molecule is COc1cc(O)c(CN(C(=O)OCC2c3ccccc3-c3ccccc32)[C@@H](Cc2ccccc2)C(=O)O)cc1SC. The molecule has 0 saturated carbocycles. The number of phenols is 1. The molecule has 0 unspecified atom stereocenters. The van der Waals surface area contributed by atoms with Gasteiger partial charge in [0.25, 0.3) is 0 Å². The van der Waals surface area contributed by atoms with Crippen LogP contribution in [0.15, 0.2) is 95.9 Å². The van der Waals surface area contributed by atoms with E-state index < -0.39 is 18.1 Å². The van der Waals surface area contributed by atoms with Crippen LogP contribution in [0.1, 0.15) is 28.2 Å². The van der Waals surface area contributed by atoms with Gasteiger partial charge in [-0.15, -0.1) is 11.8 Å². The van der Waals surface area contributed by atoms with Gasteiger partial charge in [-0.05, 0) is 40.1 Å². The van der Waals surface area contributed by atoms with Gasteiger partial charge >= 0.3 is 12.1 Å². The fourth-order valence-corrected chi connectivity index (χ4v) is 5.97. The van der Waals surface area contributed by atoms with Crippen molar-refractivity contribution >= 4 is 23.8 Å². The van der Waals surface area contributed by atoms with Crippen molar-refractivity contribution in [2.24, 2.45) is 0 Å². The molecule has 1 amide bonds. The van der Waals surface area contributed by atoms with E-state index in [1.54, 1.807) is 6.07 Å². The predicted molar refractivity (Wildman–Crippen MR) is 159 cm³/mol. The first-order valence-electron chi connectivity index (χ1n) is 13.2. The molecular weight excluding hydrogens is 538 g/mol. The molecule has 5 rings (SSSR count). The Morgan fingerprint density at radius 1 is 0.927 bits per heavy atom. The standard InChI is InChI=1S/C33H31NO6S/c1-39-30-18-29(35)22(17-31(30)41-2)19-34(28(32(36)37)16-21-10-4-3-5-11-21)33(38)40-20-27-25-14-8-6-12-23(25)24-13-7-9-15-26(24)27/h3-15,17-18,27-28,35H,16,19-20H2,1-2H3,(H,36,37)/t28-/m0/s1. The molecule has 7 nitrogen and oxygen atoms in total. The van der Waals surface area contributed by atoms with Crippen molar-refractivity contribution in [3.05, 3.63) is 113 Å². The smallest absolute Gasteiger partial charge is 0.410 e. The molecule has 0 aliphatic heterocycles. The fraction of sp³-hybridized carbons (Fsp3) is 0.212. The number of carbonyl (C=O) groups is 2. The van der Waals surface area contributed by atoms with Gasteiger partial charge in [-0.2, -0.15) is 0 Å². The van der Waals surface area contributed by atoms with E-state index in [9.17, 15) is 19.8 Å². The molecule has 41 heavy (non-hydrogen) atoms. The summed E-state index contributed by atoms with van der Waals surface area (Å²) in [4.78, 5) is 28.3. The molecule has 0 spiro atoms. The molecule has 4 aromatic carbocycles. The monoisotopic (exact) mass is 569 g/mol. The van der Waals surface area contributed by atoms with Crippen LogP contribution < -0.4 is 4.74 Å². The Kier molecular flexibility index (Phi) is 8.50. The number of ether oxygens (including phenoxy) is 2. The summed E-state index contributed by atoms with van der Waals surface area (Å²) in [5.41, 5.74) is 5.47. The molecule has 0 fully saturated rings. The Labute approximate surface area is 243 Å². The number of phenolic OH excluding ortho intramolecular Hbond substituents is 1. The lowest BCUT2D eigenvalue weighted by atomic mass is 9.98. The maximum atomic E-state index is 13.8. The van der Waals surface area contributed by atoms with Crippen LogP contribution in [0.2, 0.25) is 0 Å². The van der Waals surface area contributed by atoms with E-state index >= 15 is 0 Å². The Morgan fingerprint density at radius 3 is 2.12 bits per heavy atom. The number of methoxy groups -OCH3 is 1. The van der Waals surface area contributed by atoms with E-state index in [4.69, 9.17) is 9.47 Å². The number of aromatic hydroxyl groups is 1. The average molecular weight is 570 g/mol. The zero-order valence-electron chi connectivity index (χ0n) is 22.8. The lowest BCUT2D eigenvalue weighted by molar-refractivity contribution is -0.143. The number of fused-ring (bicyclic) bond motifs is 3.